The molecule has 2 aliphatic rings. The van der Waals surface area contributed by atoms with Crippen LogP contribution in [0.2, 0.25) is 0 Å². The van der Waals surface area contributed by atoms with Gasteiger partial charge in [-0.05, 0) is 37.3 Å². The van der Waals surface area contributed by atoms with Crippen LogP contribution in [0.3, 0.4) is 0 Å². The lowest BCUT2D eigenvalue weighted by atomic mass is 9.60. The smallest absolute Gasteiger partial charge is 0.194 e. The highest BCUT2D eigenvalue weighted by atomic mass is 16.5. The summed E-state index contributed by atoms with van der Waals surface area (Å²) in [5.74, 6) is 0.427. The van der Waals surface area contributed by atoms with Crippen molar-refractivity contribution in [2.45, 2.75) is 32.3 Å². The summed E-state index contributed by atoms with van der Waals surface area (Å²) in [6.07, 6.45) is 6.64. The molecule has 4 rings (SSSR count). The maximum absolute atomic E-state index is 13.4. The van der Waals surface area contributed by atoms with Crippen LogP contribution in [0.15, 0.2) is 72.8 Å². The van der Waals surface area contributed by atoms with Crippen molar-refractivity contribution < 1.29 is 14.3 Å². The molecule has 0 N–H and O–H groups in total. The molecule has 0 aromatic heterocycles. The average Bonchev–Trinajstić information content (AvgIpc) is 2.71. The van der Waals surface area contributed by atoms with Crippen molar-refractivity contribution in [1.29, 1.82) is 0 Å². The second-order valence-electron chi connectivity index (χ2n) is 7.20. The third-order valence-electron chi connectivity index (χ3n) is 5.58. The number of ether oxygens (including phenoxy) is 1. The Bertz CT molecular complexity index is 939. The zero-order chi connectivity index (χ0) is 18.9. The van der Waals surface area contributed by atoms with E-state index < -0.39 is 5.41 Å². The van der Waals surface area contributed by atoms with Crippen molar-refractivity contribution >= 4 is 11.6 Å². The van der Waals surface area contributed by atoms with Gasteiger partial charge in [-0.25, -0.2) is 0 Å². The first-order valence-corrected chi connectivity index (χ1v) is 9.38. The number of fused-ring (bicyclic) bond motifs is 2. The second kappa shape index (κ2) is 6.99. The van der Waals surface area contributed by atoms with Crippen LogP contribution in [0.25, 0.3) is 0 Å². The summed E-state index contributed by atoms with van der Waals surface area (Å²) in [5, 5.41) is 0. The summed E-state index contributed by atoms with van der Waals surface area (Å²) in [6.45, 7) is 4.18. The van der Waals surface area contributed by atoms with E-state index in [4.69, 9.17) is 4.74 Å². The highest BCUT2D eigenvalue weighted by molar-refractivity contribution is 6.26. The van der Waals surface area contributed by atoms with Crippen LogP contribution < -0.4 is 4.74 Å². The molecule has 27 heavy (non-hydrogen) atoms. The third kappa shape index (κ3) is 2.84. The molecule has 2 aliphatic carbocycles. The second-order valence-corrected chi connectivity index (χ2v) is 7.20. The summed E-state index contributed by atoms with van der Waals surface area (Å²) in [6, 6.07) is 15.1. The van der Waals surface area contributed by atoms with Gasteiger partial charge in [0.1, 0.15) is 12.4 Å². The van der Waals surface area contributed by atoms with E-state index in [2.05, 4.69) is 6.58 Å². The summed E-state index contributed by atoms with van der Waals surface area (Å²) in [5.41, 5.74) is 1.78. The van der Waals surface area contributed by atoms with Crippen LogP contribution in [0.4, 0.5) is 0 Å². The molecule has 0 aliphatic heterocycles. The number of Topliss-reactive ketones (excluding diaryl/α,β-unsaturated/α-hetero) is 2. The summed E-state index contributed by atoms with van der Waals surface area (Å²) in [7, 11) is 0. The van der Waals surface area contributed by atoms with E-state index in [9.17, 15) is 9.59 Å². The Kier molecular flexibility index (Phi) is 4.53. The van der Waals surface area contributed by atoms with E-state index in [1.54, 1.807) is 24.3 Å². The maximum atomic E-state index is 13.4. The molecule has 136 valence electrons. The fourth-order valence-corrected chi connectivity index (χ4v) is 4.28. The molecule has 0 heterocycles. The van der Waals surface area contributed by atoms with Crippen molar-refractivity contribution in [2.75, 3.05) is 0 Å². The van der Waals surface area contributed by atoms with E-state index in [-0.39, 0.29) is 11.6 Å². The average molecular weight is 358 g/mol. The topological polar surface area (TPSA) is 43.4 Å². The van der Waals surface area contributed by atoms with E-state index in [1.807, 2.05) is 36.4 Å². The van der Waals surface area contributed by atoms with E-state index >= 15 is 0 Å². The minimum atomic E-state index is -0.748. The molecule has 0 saturated carbocycles. The Balaban J connectivity index is 1.76. The molecule has 0 spiro atoms. The number of rotatable bonds is 5. The zero-order valence-corrected chi connectivity index (χ0v) is 15.2. The lowest BCUT2D eigenvalue weighted by Gasteiger charge is -2.40. The highest BCUT2D eigenvalue weighted by Gasteiger charge is 2.50. The first-order valence-electron chi connectivity index (χ1n) is 9.38. The summed E-state index contributed by atoms with van der Waals surface area (Å²) >= 11 is 0. The minimum absolute atomic E-state index is 0.0214. The van der Waals surface area contributed by atoms with Crippen molar-refractivity contribution in [3.63, 3.8) is 0 Å². The molecule has 2 aromatic carbocycles. The van der Waals surface area contributed by atoms with Crippen LogP contribution in [0, 0.1) is 5.41 Å². The minimum Gasteiger partial charge on any atom is -0.488 e. The fraction of sp³-hybridized carbons (Fsp3) is 0.250. The predicted octanol–water partition coefficient (Wildman–Crippen LogP) is 5.32. The Labute approximate surface area is 159 Å². The van der Waals surface area contributed by atoms with Gasteiger partial charge in [-0.1, -0.05) is 54.6 Å². The van der Waals surface area contributed by atoms with Crippen molar-refractivity contribution in [3.05, 3.63) is 89.5 Å². The maximum Gasteiger partial charge on any atom is 0.194 e. The van der Waals surface area contributed by atoms with Crippen LogP contribution in [0.5, 0.6) is 5.75 Å². The largest absolute Gasteiger partial charge is 0.488 e. The van der Waals surface area contributed by atoms with Gasteiger partial charge in [0.05, 0.1) is 11.0 Å². The predicted molar refractivity (Wildman–Crippen MR) is 105 cm³/mol. The van der Waals surface area contributed by atoms with Gasteiger partial charge < -0.3 is 4.74 Å². The molecule has 1 unspecified atom stereocenters. The lowest BCUT2D eigenvalue weighted by molar-refractivity contribution is 0.0756. The van der Waals surface area contributed by atoms with Crippen LogP contribution in [-0.2, 0) is 6.61 Å². The summed E-state index contributed by atoms with van der Waals surface area (Å²) in [4.78, 5) is 26.8. The summed E-state index contributed by atoms with van der Waals surface area (Å²) < 4.78 is 5.96. The van der Waals surface area contributed by atoms with Crippen LogP contribution >= 0.6 is 0 Å². The molecule has 3 heteroatoms. The molecule has 0 saturated heterocycles. The zero-order valence-electron chi connectivity index (χ0n) is 15.2. The Morgan fingerprint density at radius 3 is 2.67 bits per heavy atom. The van der Waals surface area contributed by atoms with Gasteiger partial charge in [0.15, 0.2) is 11.6 Å². The molecule has 0 bridgehead atoms. The molecular weight excluding hydrogens is 336 g/mol. The fourth-order valence-electron chi connectivity index (χ4n) is 4.28. The van der Waals surface area contributed by atoms with Crippen molar-refractivity contribution in [3.8, 4) is 5.75 Å². The van der Waals surface area contributed by atoms with E-state index in [1.165, 1.54) is 0 Å². The first kappa shape index (κ1) is 17.5. The number of allylic oxidation sites excluding steroid dienone is 3. The first-order chi connectivity index (χ1) is 13.2. The number of ketones is 2. The van der Waals surface area contributed by atoms with Gasteiger partial charge in [0.25, 0.3) is 0 Å². The van der Waals surface area contributed by atoms with E-state index in [0.717, 1.165) is 18.4 Å². The SMILES string of the molecule is C=CCC12CCCC=C1C(=O)c1c(OCc3ccccc3)cccc1C2=O. The van der Waals surface area contributed by atoms with Gasteiger partial charge >= 0.3 is 0 Å². The Morgan fingerprint density at radius 1 is 1.07 bits per heavy atom. The van der Waals surface area contributed by atoms with Gasteiger partial charge in [0.2, 0.25) is 0 Å². The number of carbonyl (C=O) groups is 2. The van der Waals surface area contributed by atoms with Crippen LogP contribution in [-0.4, -0.2) is 11.6 Å². The highest BCUT2D eigenvalue weighted by Crippen LogP contribution is 2.50. The molecule has 1 atom stereocenters. The third-order valence-corrected chi connectivity index (χ3v) is 5.58. The van der Waals surface area contributed by atoms with Crippen molar-refractivity contribution in [1.82, 2.24) is 0 Å². The number of benzene rings is 2. The van der Waals surface area contributed by atoms with Crippen LogP contribution in [0.1, 0.15) is 52.0 Å². The van der Waals surface area contributed by atoms with Gasteiger partial charge in [0, 0.05) is 11.1 Å². The standard InChI is InChI=1S/C24H22O3/c1-2-14-24-15-7-6-12-19(24)22(25)21-18(23(24)26)11-8-13-20(21)27-16-17-9-4-3-5-10-17/h2-5,8-13H,1,6-7,14-16H2. The Hall–Kier alpha value is -2.94. The number of hydrogen-bond acceptors (Lipinski definition) is 3. The Morgan fingerprint density at radius 2 is 1.89 bits per heavy atom. The number of carbonyl (C=O) groups excluding carboxylic acids is 2. The molecule has 2 aromatic rings. The monoisotopic (exact) mass is 358 g/mol. The quantitative estimate of drug-likeness (QED) is 0.680. The molecule has 3 nitrogen and oxygen atoms in total. The molecular formula is C24H22O3. The van der Waals surface area contributed by atoms with Gasteiger partial charge in [-0.2, -0.15) is 0 Å². The molecule has 0 radical (unpaired) electrons. The molecule has 0 fully saturated rings. The van der Waals surface area contributed by atoms with E-state index in [0.29, 0.717) is 41.9 Å². The van der Waals surface area contributed by atoms with Gasteiger partial charge in [-0.15, -0.1) is 6.58 Å². The molecule has 0 amide bonds. The lowest BCUT2D eigenvalue weighted by Crippen LogP contribution is -2.42. The number of hydrogen-bond donors (Lipinski definition) is 0. The normalized spacial score (nSPS) is 21.1. The van der Waals surface area contributed by atoms with Gasteiger partial charge in [-0.3, -0.25) is 9.59 Å². The van der Waals surface area contributed by atoms with Crippen molar-refractivity contribution in [2.24, 2.45) is 5.41 Å².